The van der Waals surface area contributed by atoms with Crippen LogP contribution in [0.3, 0.4) is 0 Å². The van der Waals surface area contributed by atoms with E-state index in [-0.39, 0.29) is 23.7 Å². The Hall–Kier alpha value is -4.35. The third-order valence-electron chi connectivity index (χ3n) is 5.28. The van der Waals surface area contributed by atoms with Crippen LogP contribution in [0.1, 0.15) is 54.0 Å². The molecule has 0 aliphatic heterocycles. The molecule has 3 rings (SSSR count). The minimum atomic E-state index is -4.53. The summed E-state index contributed by atoms with van der Waals surface area (Å²) in [5.41, 5.74) is -1.18. The van der Waals surface area contributed by atoms with Gasteiger partial charge in [-0.15, -0.1) is 0 Å². The van der Waals surface area contributed by atoms with Gasteiger partial charge in [0.05, 0.1) is 17.0 Å². The van der Waals surface area contributed by atoms with E-state index in [1.807, 2.05) is 0 Å². The number of ether oxygens (including phenoxy) is 2. The predicted octanol–water partition coefficient (Wildman–Crippen LogP) is 4.31. The zero-order chi connectivity index (χ0) is 28.3. The number of hydrogen-bond acceptors (Lipinski definition) is 7. The van der Waals surface area contributed by atoms with E-state index in [0.717, 1.165) is 28.8 Å². The summed E-state index contributed by atoms with van der Waals surface area (Å²) in [5, 5.41) is 11.6. The van der Waals surface area contributed by atoms with Gasteiger partial charge in [0.1, 0.15) is 23.3 Å². The van der Waals surface area contributed by atoms with E-state index in [4.69, 9.17) is 9.47 Å². The number of nitrogens with zero attached hydrogens (tertiary/aromatic N) is 3. The van der Waals surface area contributed by atoms with Crippen molar-refractivity contribution in [1.82, 2.24) is 14.5 Å². The number of likely N-dealkylation sites (N-methyl/N-ethyl adjacent to an activating group) is 1. The lowest BCUT2D eigenvalue weighted by Gasteiger charge is -2.28. The van der Waals surface area contributed by atoms with Crippen LogP contribution in [0.15, 0.2) is 60.9 Å². The first-order valence-corrected chi connectivity index (χ1v) is 11.3. The molecule has 0 radical (unpaired) electrons. The quantitative estimate of drug-likeness (QED) is 0.343. The zero-order valence-electron chi connectivity index (χ0n) is 21.0. The van der Waals surface area contributed by atoms with Gasteiger partial charge in [0.2, 0.25) is 0 Å². The van der Waals surface area contributed by atoms with Crippen molar-refractivity contribution in [1.29, 1.82) is 0 Å². The van der Waals surface area contributed by atoms with Crippen molar-refractivity contribution < 1.29 is 42.1 Å². The fourth-order valence-corrected chi connectivity index (χ4v) is 3.48. The molecular formula is C26H25F3N3O6-. The summed E-state index contributed by atoms with van der Waals surface area (Å²) < 4.78 is 49.7. The van der Waals surface area contributed by atoms with Gasteiger partial charge in [0.15, 0.2) is 0 Å². The van der Waals surface area contributed by atoms with Crippen LogP contribution in [0.25, 0.3) is 0 Å². The minimum absolute atomic E-state index is 0.0100. The standard InChI is InChI=1S/C26H26F3N3O6/c1-25(2,3)38-24(36)31(4)15-20(21-30-13-14-32(21)23(34)35)16-7-11-19(12-8-16)37-22(33)17-5-9-18(10-6-17)26(27,28)29/h5-14,20H,15H2,1-4H3,(H,34,35)/p-1. The average molecular weight is 532 g/mol. The second kappa shape index (κ2) is 11.0. The Morgan fingerprint density at radius 2 is 1.63 bits per heavy atom. The van der Waals surface area contributed by atoms with E-state index in [9.17, 15) is 32.7 Å². The molecule has 1 aromatic heterocycles. The van der Waals surface area contributed by atoms with Gasteiger partial charge < -0.3 is 24.3 Å². The van der Waals surface area contributed by atoms with Gasteiger partial charge in [-0.25, -0.2) is 14.6 Å². The van der Waals surface area contributed by atoms with E-state index in [1.165, 1.54) is 36.5 Å². The molecule has 1 atom stereocenters. The van der Waals surface area contributed by atoms with Crippen molar-refractivity contribution in [3.05, 3.63) is 83.4 Å². The van der Waals surface area contributed by atoms with Gasteiger partial charge in [0, 0.05) is 26.0 Å². The first-order valence-electron chi connectivity index (χ1n) is 11.3. The minimum Gasteiger partial charge on any atom is -0.529 e. The largest absolute Gasteiger partial charge is 0.529 e. The third-order valence-corrected chi connectivity index (χ3v) is 5.28. The van der Waals surface area contributed by atoms with E-state index in [0.29, 0.717) is 5.56 Å². The maximum Gasteiger partial charge on any atom is 0.416 e. The lowest BCUT2D eigenvalue weighted by molar-refractivity contribution is -0.250. The number of rotatable bonds is 6. The van der Waals surface area contributed by atoms with Crippen LogP contribution in [0.4, 0.5) is 22.8 Å². The maximum absolute atomic E-state index is 12.8. The molecule has 38 heavy (non-hydrogen) atoms. The normalized spacial score (nSPS) is 12.5. The molecule has 3 aromatic rings. The third kappa shape index (κ3) is 7.11. The highest BCUT2D eigenvalue weighted by atomic mass is 19.4. The molecule has 2 aromatic carbocycles. The number of amides is 1. The Bertz CT molecular complexity index is 1300. The van der Waals surface area contributed by atoms with Crippen LogP contribution in [-0.2, 0) is 10.9 Å². The second-order valence-corrected chi connectivity index (χ2v) is 9.37. The number of aromatic nitrogens is 2. The van der Waals surface area contributed by atoms with E-state index < -0.39 is 41.4 Å². The Labute approximate surface area is 216 Å². The highest BCUT2D eigenvalue weighted by Gasteiger charge is 2.30. The Kier molecular flexibility index (Phi) is 8.13. The number of carboxylic acid groups (broad SMARTS) is 1. The number of carbonyl (C=O) groups excluding carboxylic acids is 3. The SMILES string of the molecule is CN(CC(c1ccc(OC(=O)c2ccc(C(F)(F)F)cc2)cc1)c1nccn1C(=O)[O-])C(=O)OC(C)(C)C. The Morgan fingerprint density at radius 3 is 2.16 bits per heavy atom. The van der Waals surface area contributed by atoms with Crippen molar-refractivity contribution in [3.63, 3.8) is 0 Å². The van der Waals surface area contributed by atoms with E-state index >= 15 is 0 Å². The van der Waals surface area contributed by atoms with E-state index in [1.54, 1.807) is 32.9 Å². The maximum atomic E-state index is 12.8. The van der Waals surface area contributed by atoms with Gasteiger partial charge >= 0.3 is 18.2 Å². The molecule has 0 bridgehead atoms. The number of halogens is 3. The molecule has 0 saturated carbocycles. The molecule has 0 fully saturated rings. The molecule has 1 heterocycles. The van der Waals surface area contributed by atoms with Crippen molar-refractivity contribution >= 4 is 18.2 Å². The smallest absolute Gasteiger partial charge is 0.416 e. The topological polar surface area (TPSA) is 114 Å². The molecule has 1 amide bonds. The van der Waals surface area contributed by atoms with Gasteiger partial charge in [-0.05, 0) is 62.7 Å². The van der Waals surface area contributed by atoms with Crippen LogP contribution in [0.2, 0.25) is 0 Å². The highest BCUT2D eigenvalue weighted by molar-refractivity contribution is 5.91. The summed E-state index contributed by atoms with van der Waals surface area (Å²) in [6, 6.07) is 9.57. The van der Waals surface area contributed by atoms with Crippen molar-refractivity contribution in [2.45, 2.75) is 38.5 Å². The number of carbonyl (C=O) groups is 3. The molecule has 12 heteroatoms. The fourth-order valence-electron chi connectivity index (χ4n) is 3.48. The lowest BCUT2D eigenvalue weighted by Crippen LogP contribution is -2.38. The van der Waals surface area contributed by atoms with Gasteiger partial charge in [-0.1, -0.05) is 12.1 Å². The Morgan fingerprint density at radius 1 is 1.03 bits per heavy atom. The molecule has 0 spiro atoms. The summed E-state index contributed by atoms with van der Waals surface area (Å²) in [5.74, 6) is -1.41. The van der Waals surface area contributed by atoms with Crippen molar-refractivity contribution in [2.75, 3.05) is 13.6 Å². The summed E-state index contributed by atoms with van der Waals surface area (Å²) in [7, 11) is 1.49. The van der Waals surface area contributed by atoms with Gasteiger partial charge in [-0.3, -0.25) is 4.57 Å². The number of esters is 1. The molecular weight excluding hydrogens is 507 g/mol. The van der Waals surface area contributed by atoms with Gasteiger partial charge in [-0.2, -0.15) is 13.2 Å². The molecule has 0 aliphatic rings. The van der Waals surface area contributed by atoms with Gasteiger partial charge in [0.25, 0.3) is 0 Å². The highest BCUT2D eigenvalue weighted by Crippen LogP contribution is 2.30. The van der Waals surface area contributed by atoms with Crippen LogP contribution in [0, 0.1) is 0 Å². The number of imidazole rings is 1. The van der Waals surface area contributed by atoms with Crippen LogP contribution in [0.5, 0.6) is 5.75 Å². The summed E-state index contributed by atoms with van der Waals surface area (Å²) in [6.07, 6.45) is -4.17. The van der Waals surface area contributed by atoms with Crippen molar-refractivity contribution in [3.8, 4) is 5.75 Å². The summed E-state index contributed by atoms with van der Waals surface area (Å²) in [4.78, 5) is 41.9. The second-order valence-electron chi connectivity index (χ2n) is 9.37. The predicted molar refractivity (Wildman–Crippen MR) is 127 cm³/mol. The fraction of sp³-hybridized carbons (Fsp3) is 0.308. The number of hydrogen-bond donors (Lipinski definition) is 0. The van der Waals surface area contributed by atoms with Crippen LogP contribution >= 0.6 is 0 Å². The summed E-state index contributed by atoms with van der Waals surface area (Å²) in [6.45, 7) is 5.13. The number of benzene rings is 2. The summed E-state index contributed by atoms with van der Waals surface area (Å²) >= 11 is 0. The zero-order valence-corrected chi connectivity index (χ0v) is 21.0. The molecule has 9 nitrogen and oxygen atoms in total. The first-order chi connectivity index (χ1) is 17.7. The Balaban J connectivity index is 1.82. The molecule has 0 aliphatic carbocycles. The van der Waals surface area contributed by atoms with Crippen LogP contribution in [-0.4, -0.2) is 51.8 Å². The monoisotopic (exact) mass is 532 g/mol. The lowest BCUT2D eigenvalue weighted by atomic mass is 9.97. The molecule has 1 unspecified atom stereocenters. The molecule has 202 valence electrons. The van der Waals surface area contributed by atoms with E-state index in [2.05, 4.69) is 4.98 Å². The van der Waals surface area contributed by atoms with Crippen molar-refractivity contribution in [2.24, 2.45) is 0 Å². The first kappa shape index (κ1) is 28.2. The average Bonchev–Trinajstić information content (AvgIpc) is 3.31. The van der Waals surface area contributed by atoms with Crippen LogP contribution < -0.4 is 9.84 Å². The molecule has 0 saturated heterocycles. The number of alkyl halides is 3. The molecule has 0 N–H and O–H groups in total.